The number of piperidine rings is 1. The first kappa shape index (κ1) is 14.1. The number of hydrogen-bond acceptors (Lipinski definition) is 3. The van der Waals surface area contributed by atoms with E-state index in [1.165, 1.54) is 12.8 Å². The normalized spacial score (nSPS) is 23.3. The SMILES string of the molecule is CCC1CCNC(C(=O)NCCc2ccn(C)n2)C1. The second-order valence-electron chi connectivity index (χ2n) is 5.33. The predicted molar refractivity (Wildman–Crippen MR) is 74.7 cm³/mol. The van der Waals surface area contributed by atoms with Crippen LogP contribution in [0.1, 0.15) is 31.9 Å². The fourth-order valence-electron chi connectivity index (χ4n) is 2.60. The maximum Gasteiger partial charge on any atom is 0.237 e. The second kappa shape index (κ2) is 6.70. The van der Waals surface area contributed by atoms with Crippen molar-refractivity contribution in [2.45, 2.75) is 38.6 Å². The van der Waals surface area contributed by atoms with Gasteiger partial charge in [0.05, 0.1) is 11.7 Å². The van der Waals surface area contributed by atoms with E-state index >= 15 is 0 Å². The van der Waals surface area contributed by atoms with Crippen molar-refractivity contribution in [3.05, 3.63) is 18.0 Å². The standard InChI is InChI=1S/C14H24N4O/c1-3-11-4-7-15-13(10-11)14(19)16-8-5-12-6-9-18(2)17-12/h6,9,11,13,15H,3-5,7-8,10H2,1-2H3,(H,16,19). The summed E-state index contributed by atoms with van der Waals surface area (Å²) in [7, 11) is 1.90. The van der Waals surface area contributed by atoms with Crippen molar-refractivity contribution in [1.82, 2.24) is 20.4 Å². The van der Waals surface area contributed by atoms with Gasteiger partial charge in [0.15, 0.2) is 0 Å². The Hall–Kier alpha value is -1.36. The Morgan fingerprint density at radius 1 is 1.63 bits per heavy atom. The van der Waals surface area contributed by atoms with E-state index in [-0.39, 0.29) is 11.9 Å². The van der Waals surface area contributed by atoms with Crippen LogP contribution >= 0.6 is 0 Å². The maximum absolute atomic E-state index is 12.1. The number of nitrogens with zero attached hydrogens (tertiary/aromatic N) is 2. The molecule has 2 heterocycles. The topological polar surface area (TPSA) is 59.0 Å². The summed E-state index contributed by atoms with van der Waals surface area (Å²) in [5.41, 5.74) is 1.02. The molecule has 19 heavy (non-hydrogen) atoms. The third-order valence-electron chi connectivity index (χ3n) is 3.86. The molecular formula is C14H24N4O. The average Bonchev–Trinajstić information content (AvgIpc) is 2.84. The molecule has 5 heteroatoms. The number of aryl methyl sites for hydroxylation is 1. The van der Waals surface area contributed by atoms with Crippen molar-refractivity contribution in [1.29, 1.82) is 0 Å². The van der Waals surface area contributed by atoms with Gasteiger partial charge in [0.1, 0.15) is 0 Å². The third-order valence-corrected chi connectivity index (χ3v) is 3.86. The zero-order valence-electron chi connectivity index (χ0n) is 11.9. The van der Waals surface area contributed by atoms with Crippen molar-refractivity contribution in [3.8, 4) is 0 Å². The molecule has 1 fully saturated rings. The first-order chi connectivity index (χ1) is 9.19. The van der Waals surface area contributed by atoms with Crippen LogP contribution in [0.25, 0.3) is 0 Å². The van der Waals surface area contributed by atoms with Crippen LogP contribution in [-0.2, 0) is 18.3 Å². The number of nitrogens with one attached hydrogen (secondary N) is 2. The first-order valence-corrected chi connectivity index (χ1v) is 7.18. The van der Waals surface area contributed by atoms with E-state index in [9.17, 15) is 4.79 Å². The Labute approximate surface area is 114 Å². The van der Waals surface area contributed by atoms with Gasteiger partial charge in [0, 0.05) is 26.2 Å². The number of carbonyl (C=O) groups is 1. The molecule has 1 aromatic rings. The molecule has 0 spiro atoms. The second-order valence-corrected chi connectivity index (χ2v) is 5.33. The molecule has 1 amide bonds. The van der Waals surface area contributed by atoms with Crippen LogP contribution in [0.4, 0.5) is 0 Å². The van der Waals surface area contributed by atoms with Crippen molar-refractivity contribution in [2.75, 3.05) is 13.1 Å². The largest absolute Gasteiger partial charge is 0.354 e. The van der Waals surface area contributed by atoms with E-state index in [0.717, 1.165) is 25.1 Å². The van der Waals surface area contributed by atoms with Crippen molar-refractivity contribution >= 4 is 5.91 Å². The molecule has 106 valence electrons. The smallest absolute Gasteiger partial charge is 0.237 e. The van der Waals surface area contributed by atoms with Crippen molar-refractivity contribution < 1.29 is 4.79 Å². The molecule has 2 atom stereocenters. The van der Waals surface area contributed by atoms with Crippen LogP contribution < -0.4 is 10.6 Å². The quantitative estimate of drug-likeness (QED) is 0.829. The van der Waals surface area contributed by atoms with Gasteiger partial charge in [-0.05, 0) is 31.4 Å². The molecule has 2 N–H and O–H groups in total. The Morgan fingerprint density at radius 2 is 2.47 bits per heavy atom. The number of aromatic nitrogens is 2. The summed E-state index contributed by atoms with van der Waals surface area (Å²) >= 11 is 0. The van der Waals surface area contributed by atoms with Crippen LogP contribution in [0, 0.1) is 5.92 Å². The summed E-state index contributed by atoms with van der Waals surface area (Å²) < 4.78 is 1.78. The fraction of sp³-hybridized carbons (Fsp3) is 0.714. The van der Waals surface area contributed by atoms with E-state index in [4.69, 9.17) is 0 Å². The predicted octanol–water partition coefficient (Wildman–Crippen LogP) is 0.857. The molecule has 0 aliphatic carbocycles. The summed E-state index contributed by atoms with van der Waals surface area (Å²) in [6.45, 7) is 3.81. The number of hydrogen-bond donors (Lipinski definition) is 2. The van der Waals surface area contributed by atoms with Crippen LogP contribution in [-0.4, -0.2) is 34.8 Å². The highest BCUT2D eigenvalue weighted by Gasteiger charge is 2.25. The minimum Gasteiger partial charge on any atom is -0.354 e. The summed E-state index contributed by atoms with van der Waals surface area (Å²) in [6.07, 6.45) is 6.03. The molecule has 0 bridgehead atoms. The Morgan fingerprint density at radius 3 is 3.16 bits per heavy atom. The summed E-state index contributed by atoms with van der Waals surface area (Å²) in [5, 5.41) is 10.6. The van der Waals surface area contributed by atoms with E-state index in [0.29, 0.717) is 12.5 Å². The average molecular weight is 264 g/mol. The summed E-state index contributed by atoms with van der Waals surface area (Å²) in [4.78, 5) is 12.1. The molecule has 1 aliphatic rings. The number of amides is 1. The highest BCUT2D eigenvalue weighted by atomic mass is 16.2. The van der Waals surface area contributed by atoms with Gasteiger partial charge in [0.2, 0.25) is 5.91 Å². The monoisotopic (exact) mass is 264 g/mol. The van der Waals surface area contributed by atoms with Gasteiger partial charge in [-0.3, -0.25) is 9.48 Å². The molecule has 5 nitrogen and oxygen atoms in total. The van der Waals surface area contributed by atoms with Gasteiger partial charge in [0.25, 0.3) is 0 Å². The van der Waals surface area contributed by atoms with Crippen LogP contribution in [0.2, 0.25) is 0 Å². The van der Waals surface area contributed by atoms with Gasteiger partial charge in [-0.25, -0.2) is 0 Å². The number of carbonyl (C=O) groups excluding carboxylic acids is 1. The molecule has 1 aromatic heterocycles. The molecule has 0 radical (unpaired) electrons. The van der Waals surface area contributed by atoms with Crippen molar-refractivity contribution in [3.63, 3.8) is 0 Å². The molecular weight excluding hydrogens is 240 g/mol. The lowest BCUT2D eigenvalue weighted by Gasteiger charge is -2.28. The van der Waals surface area contributed by atoms with E-state index in [1.807, 2.05) is 19.3 Å². The van der Waals surface area contributed by atoms with Gasteiger partial charge in [-0.2, -0.15) is 5.10 Å². The van der Waals surface area contributed by atoms with Gasteiger partial charge in [-0.15, -0.1) is 0 Å². The van der Waals surface area contributed by atoms with Gasteiger partial charge < -0.3 is 10.6 Å². The lowest BCUT2D eigenvalue weighted by molar-refractivity contribution is -0.124. The zero-order valence-corrected chi connectivity index (χ0v) is 11.9. The molecule has 2 rings (SSSR count). The maximum atomic E-state index is 12.1. The van der Waals surface area contributed by atoms with Crippen LogP contribution in [0.5, 0.6) is 0 Å². The van der Waals surface area contributed by atoms with E-state index < -0.39 is 0 Å². The van der Waals surface area contributed by atoms with Gasteiger partial charge >= 0.3 is 0 Å². The highest BCUT2D eigenvalue weighted by Crippen LogP contribution is 2.19. The summed E-state index contributed by atoms with van der Waals surface area (Å²) in [6, 6.07) is 1.97. The fourth-order valence-corrected chi connectivity index (χ4v) is 2.60. The third kappa shape index (κ3) is 4.06. The van der Waals surface area contributed by atoms with Crippen LogP contribution in [0.3, 0.4) is 0 Å². The minimum atomic E-state index is -0.0116. The van der Waals surface area contributed by atoms with Crippen molar-refractivity contribution in [2.24, 2.45) is 13.0 Å². The Kier molecular flexibility index (Phi) is 4.96. The van der Waals surface area contributed by atoms with E-state index in [1.54, 1.807) is 4.68 Å². The molecule has 1 aliphatic heterocycles. The lowest BCUT2D eigenvalue weighted by Crippen LogP contribution is -2.49. The molecule has 2 unspecified atom stereocenters. The molecule has 0 saturated carbocycles. The first-order valence-electron chi connectivity index (χ1n) is 7.18. The lowest BCUT2D eigenvalue weighted by atomic mass is 9.90. The summed E-state index contributed by atoms with van der Waals surface area (Å²) in [5.74, 6) is 0.821. The van der Waals surface area contributed by atoms with Crippen LogP contribution in [0.15, 0.2) is 12.3 Å². The minimum absolute atomic E-state index is 0.0116. The Balaban J connectivity index is 1.72. The van der Waals surface area contributed by atoms with E-state index in [2.05, 4.69) is 22.7 Å². The zero-order chi connectivity index (χ0) is 13.7. The van der Waals surface area contributed by atoms with Gasteiger partial charge in [-0.1, -0.05) is 13.3 Å². The number of rotatable bonds is 5. The molecule has 0 aromatic carbocycles. The molecule has 1 saturated heterocycles. The highest BCUT2D eigenvalue weighted by molar-refractivity contribution is 5.81. The Bertz CT molecular complexity index is 415.